The highest BCUT2D eigenvalue weighted by molar-refractivity contribution is 5.97. The molecule has 35 heavy (non-hydrogen) atoms. The molecule has 4 rings (SSSR count). The summed E-state index contributed by atoms with van der Waals surface area (Å²) in [6.45, 7) is 5.86. The van der Waals surface area contributed by atoms with E-state index in [9.17, 15) is 9.59 Å². The van der Waals surface area contributed by atoms with Gasteiger partial charge in [-0.1, -0.05) is 30.3 Å². The first kappa shape index (κ1) is 24.2. The largest absolute Gasteiger partial charge is 0.497 e. The average molecular weight is 478 g/mol. The van der Waals surface area contributed by atoms with Crippen LogP contribution in [0.4, 0.5) is 4.79 Å². The summed E-state index contributed by atoms with van der Waals surface area (Å²) in [5, 5.41) is 0. The van der Waals surface area contributed by atoms with Gasteiger partial charge in [0.15, 0.2) is 0 Å². The van der Waals surface area contributed by atoms with Crippen LogP contribution in [0.2, 0.25) is 0 Å². The lowest BCUT2D eigenvalue weighted by Gasteiger charge is -2.34. The SMILES string of the molecule is CCOC(=O)N1CCN(C(=O)c2cc(-c3ccccc3)n(-c3ccc(OC)cc3OC)c2C)CC1. The molecule has 2 aromatic carbocycles. The first-order valence-corrected chi connectivity index (χ1v) is 11.7. The van der Waals surface area contributed by atoms with Gasteiger partial charge in [0, 0.05) is 37.9 Å². The fourth-order valence-corrected chi connectivity index (χ4v) is 4.40. The van der Waals surface area contributed by atoms with Gasteiger partial charge < -0.3 is 28.6 Å². The van der Waals surface area contributed by atoms with Crippen molar-refractivity contribution in [1.29, 1.82) is 0 Å². The molecular weight excluding hydrogens is 446 g/mol. The highest BCUT2D eigenvalue weighted by atomic mass is 16.6. The van der Waals surface area contributed by atoms with Crippen LogP contribution in [0, 0.1) is 6.92 Å². The molecule has 0 bridgehead atoms. The highest BCUT2D eigenvalue weighted by Crippen LogP contribution is 2.36. The van der Waals surface area contributed by atoms with Gasteiger partial charge >= 0.3 is 6.09 Å². The Labute approximate surface area is 205 Å². The summed E-state index contributed by atoms with van der Waals surface area (Å²) in [7, 11) is 3.23. The fourth-order valence-electron chi connectivity index (χ4n) is 4.40. The molecule has 0 aliphatic carbocycles. The van der Waals surface area contributed by atoms with E-state index in [0.717, 1.165) is 22.6 Å². The quantitative estimate of drug-likeness (QED) is 0.527. The molecule has 0 radical (unpaired) electrons. The number of amides is 2. The Balaban J connectivity index is 1.72. The number of ether oxygens (including phenoxy) is 3. The van der Waals surface area contributed by atoms with Crippen molar-refractivity contribution in [2.75, 3.05) is 47.0 Å². The van der Waals surface area contributed by atoms with E-state index in [1.807, 2.05) is 61.5 Å². The van der Waals surface area contributed by atoms with E-state index in [2.05, 4.69) is 4.57 Å². The van der Waals surface area contributed by atoms with Crippen LogP contribution in [0.25, 0.3) is 16.9 Å². The number of methoxy groups -OCH3 is 2. The number of carbonyl (C=O) groups is 2. The van der Waals surface area contributed by atoms with Crippen molar-refractivity contribution in [2.45, 2.75) is 13.8 Å². The van der Waals surface area contributed by atoms with E-state index in [4.69, 9.17) is 14.2 Å². The summed E-state index contributed by atoms with van der Waals surface area (Å²) in [6.07, 6.45) is -0.333. The van der Waals surface area contributed by atoms with Gasteiger partial charge in [0.2, 0.25) is 0 Å². The monoisotopic (exact) mass is 477 g/mol. The van der Waals surface area contributed by atoms with Crippen LogP contribution in [0.15, 0.2) is 54.6 Å². The first-order valence-electron chi connectivity index (χ1n) is 11.7. The zero-order chi connectivity index (χ0) is 24.9. The van der Waals surface area contributed by atoms with Gasteiger partial charge in [-0.2, -0.15) is 0 Å². The van der Waals surface area contributed by atoms with Crippen LogP contribution >= 0.6 is 0 Å². The van der Waals surface area contributed by atoms with Crippen LogP contribution in [-0.2, 0) is 4.74 Å². The summed E-state index contributed by atoms with van der Waals surface area (Å²) in [6, 6.07) is 17.5. The second-order valence-corrected chi connectivity index (χ2v) is 8.25. The second kappa shape index (κ2) is 10.5. The molecule has 1 aromatic heterocycles. The van der Waals surface area contributed by atoms with Gasteiger partial charge in [0.1, 0.15) is 11.5 Å². The number of piperazine rings is 1. The van der Waals surface area contributed by atoms with Crippen molar-refractivity contribution in [3.05, 3.63) is 65.9 Å². The molecule has 0 atom stereocenters. The minimum absolute atomic E-state index is 0.0607. The molecular formula is C27H31N3O5. The average Bonchev–Trinajstić information content (AvgIpc) is 3.25. The maximum absolute atomic E-state index is 13.6. The minimum atomic E-state index is -0.333. The number of hydrogen-bond donors (Lipinski definition) is 0. The molecule has 0 saturated carbocycles. The Morgan fingerprint density at radius 3 is 2.20 bits per heavy atom. The van der Waals surface area contributed by atoms with E-state index in [0.29, 0.717) is 49.8 Å². The molecule has 1 aliphatic heterocycles. The maximum Gasteiger partial charge on any atom is 0.409 e. The first-order chi connectivity index (χ1) is 17.0. The topological polar surface area (TPSA) is 73.2 Å². The summed E-state index contributed by atoms with van der Waals surface area (Å²) >= 11 is 0. The maximum atomic E-state index is 13.6. The zero-order valence-electron chi connectivity index (χ0n) is 20.6. The molecule has 1 fully saturated rings. The van der Waals surface area contributed by atoms with Gasteiger partial charge in [-0.05, 0) is 37.6 Å². The molecule has 8 heteroatoms. The molecule has 0 N–H and O–H groups in total. The minimum Gasteiger partial charge on any atom is -0.497 e. The smallest absolute Gasteiger partial charge is 0.409 e. The highest BCUT2D eigenvalue weighted by Gasteiger charge is 2.29. The molecule has 184 valence electrons. The van der Waals surface area contributed by atoms with Crippen molar-refractivity contribution in [2.24, 2.45) is 0 Å². The van der Waals surface area contributed by atoms with Gasteiger partial charge in [-0.15, -0.1) is 0 Å². The Morgan fingerprint density at radius 1 is 0.886 bits per heavy atom. The zero-order valence-corrected chi connectivity index (χ0v) is 20.6. The fraction of sp³-hybridized carbons (Fsp3) is 0.333. The van der Waals surface area contributed by atoms with Crippen LogP contribution in [0.1, 0.15) is 23.0 Å². The standard InChI is InChI=1S/C27H31N3O5/c1-5-35-27(32)29-15-13-28(14-16-29)26(31)22-18-24(20-9-7-6-8-10-20)30(19(22)2)23-12-11-21(33-3)17-25(23)34-4/h6-12,17-18H,5,13-16H2,1-4H3. The van der Waals surface area contributed by atoms with Crippen molar-refractivity contribution in [3.8, 4) is 28.4 Å². The Bertz CT molecular complexity index is 1200. The van der Waals surface area contributed by atoms with E-state index in [1.165, 1.54) is 0 Å². The van der Waals surface area contributed by atoms with Gasteiger partial charge in [-0.25, -0.2) is 4.79 Å². The van der Waals surface area contributed by atoms with E-state index in [1.54, 1.807) is 30.9 Å². The third kappa shape index (κ3) is 4.82. The van der Waals surface area contributed by atoms with Crippen LogP contribution < -0.4 is 9.47 Å². The van der Waals surface area contributed by atoms with Gasteiger partial charge in [0.05, 0.1) is 37.8 Å². The summed E-state index contributed by atoms with van der Waals surface area (Å²) in [4.78, 5) is 29.1. The van der Waals surface area contributed by atoms with Crippen LogP contribution in [-0.4, -0.2) is 73.4 Å². The summed E-state index contributed by atoms with van der Waals surface area (Å²) in [5.41, 5.74) is 4.12. The van der Waals surface area contributed by atoms with E-state index in [-0.39, 0.29) is 12.0 Å². The number of nitrogens with zero attached hydrogens (tertiary/aromatic N) is 3. The molecule has 1 aliphatic rings. The Morgan fingerprint density at radius 2 is 1.57 bits per heavy atom. The van der Waals surface area contributed by atoms with Gasteiger partial charge in [0.25, 0.3) is 5.91 Å². The Kier molecular flexibility index (Phi) is 7.29. The number of carbonyl (C=O) groups excluding carboxylic acids is 2. The number of aromatic nitrogens is 1. The van der Waals surface area contributed by atoms with Crippen LogP contribution in [0.5, 0.6) is 11.5 Å². The molecule has 1 saturated heterocycles. The third-order valence-corrected chi connectivity index (χ3v) is 6.27. The molecule has 2 heterocycles. The normalized spacial score (nSPS) is 13.5. The van der Waals surface area contributed by atoms with E-state index >= 15 is 0 Å². The molecule has 2 amide bonds. The lowest BCUT2D eigenvalue weighted by Crippen LogP contribution is -2.50. The van der Waals surface area contributed by atoms with Crippen LogP contribution in [0.3, 0.4) is 0 Å². The number of rotatable bonds is 6. The van der Waals surface area contributed by atoms with Crippen molar-refractivity contribution in [3.63, 3.8) is 0 Å². The Hall–Kier alpha value is -3.94. The predicted molar refractivity (Wildman–Crippen MR) is 134 cm³/mol. The number of hydrogen-bond acceptors (Lipinski definition) is 5. The van der Waals surface area contributed by atoms with Crippen molar-refractivity contribution < 1.29 is 23.8 Å². The molecule has 8 nitrogen and oxygen atoms in total. The lowest BCUT2D eigenvalue weighted by atomic mass is 10.1. The lowest BCUT2D eigenvalue weighted by molar-refractivity contribution is 0.0570. The second-order valence-electron chi connectivity index (χ2n) is 8.25. The summed E-state index contributed by atoms with van der Waals surface area (Å²) < 4.78 is 18.2. The third-order valence-electron chi connectivity index (χ3n) is 6.27. The number of benzene rings is 2. The molecule has 0 spiro atoms. The van der Waals surface area contributed by atoms with Crippen molar-refractivity contribution >= 4 is 12.0 Å². The van der Waals surface area contributed by atoms with E-state index < -0.39 is 0 Å². The molecule has 3 aromatic rings. The van der Waals surface area contributed by atoms with Crippen molar-refractivity contribution in [1.82, 2.24) is 14.4 Å². The molecule has 0 unspecified atom stereocenters. The summed E-state index contributed by atoms with van der Waals surface area (Å²) in [5.74, 6) is 1.27. The predicted octanol–water partition coefficient (Wildman–Crippen LogP) is 4.38. The van der Waals surface area contributed by atoms with Gasteiger partial charge in [-0.3, -0.25) is 4.79 Å².